The topological polar surface area (TPSA) is 44.1 Å². The number of imidazole rings is 1. The Bertz CT molecular complexity index is 1290. The van der Waals surface area contributed by atoms with Crippen LogP contribution in [0.2, 0.25) is 0 Å². The number of nitrogens with zero attached hydrogens (tertiary/aromatic N) is 2. The summed E-state index contributed by atoms with van der Waals surface area (Å²) < 4.78 is 34.8. The molecule has 0 unspecified atom stereocenters. The molecule has 4 rings (SSSR count). The summed E-state index contributed by atoms with van der Waals surface area (Å²) in [5.74, 6) is -0.427. The van der Waals surface area contributed by atoms with Crippen molar-refractivity contribution in [3.05, 3.63) is 94.6 Å². The Labute approximate surface area is 189 Å². The predicted molar refractivity (Wildman–Crippen MR) is 122 cm³/mol. The van der Waals surface area contributed by atoms with Crippen LogP contribution in [0.25, 0.3) is 11.0 Å². The van der Waals surface area contributed by atoms with Crippen LogP contribution in [0.1, 0.15) is 34.0 Å². The van der Waals surface area contributed by atoms with E-state index in [4.69, 9.17) is 9.72 Å². The van der Waals surface area contributed by atoms with E-state index in [9.17, 15) is 13.6 Å². The summed E-state index contributed by atoms with van der Waals surface area (Å²) in [6.07, 6.45) is 0. The quantitative estimate of drug-likeness (QED) is 0.250. The Balaban J connectivity index is 1.70. The Morgan fingerprint density at radius 1 is 1.06 bits per heavy atom. The van der Waals surface area contributed by atoms with E-state index in [1.165, 1.54) is 30.0 Å². The third kappa shape index (κ3) is 4.83. The van der Waals surface area contributed by atoms with Gasteiger partial charge in [-0.05, 0) is 66.9 Å². The second kappa shape index (κ2) is 9.53. The smallest absolute Gasteiger partial charge is 0.338 e. The minimum absolute atomic E-state index is 0.240. The first-order valence-electron chi connectivity index (χ1n) is 10.2. The predicted octanol–water partition coefficient (Wildman–Crippen LogP) is 6.14. The van der Waals surface area contributed by atoms with E-state index in [1.54, 1.807) is 38.1 Å². The fourth-order valence-electron chi connectivity index (χ4n) is 3.40. The number of thioether (sulfide) groups is 1. The Kier molecular flexibility index (Phi) is 6.55. The lowest BCUT2D eigenvalue weighted by atomic mass is 10.2. The normalized spacial score (nSPS) is 11.1. The Morgan fingerprint density at radius 2 is 1.91 bits per heavy atom. The highest BCUT2D eigenvalue weighted by Gasteiger charge is 2.16. The van der Waals surface area contributed by atoms with Gasteiger partial charge in [-0.25, -0.2) is 18.6 Å². The second-order valence-corrected chi connectivity index (χ2v) is 8.35. The van der Waals surface area contributed by atoms with Crippen molar-refractivity contribution < 1.29 is 18.3 Å². The minimum atomic E-state index is -0.404. The van der Waals surface area contributed by atoms with E-state index in [2.05, 4.69) is 0 Å². The molecule has 0 aliphatic carbocycles. The van der Waals surface area contributed by atoms with Crippen LogP contribution in [0, 0.1) is 18.6 Å². The number of aryl methyl sites for hydroxylation is 1. The summed E-state index contributed by atoms with van der Waals surface area (Å²) in [5, 5.41) is 0.700. The molecule has 0 saturated heterocycles. The number of benzene rings is 3. The molecule has 32 heavy (non-hydrogen) atoms. The van der Waals surface area contributed by atoms with Crippen LogP contribution >= 0.6 is 11.8 Å². The van der Waals surface area contributed by atoms with Gasteiger partial charge in [0.15, 0.2) is 5.16 Å². The molecule has 164 valence electrons. The van der Waals surface area contributed by atoms with Gasteiger partial charge >= 0.3 is 5.97 Å². The molecular formula is C25H22F2N2O2S. The molecule has 7 heteroatoms. The van der Waals surface area contributed by atoms with Crippen molar-refractivity contribution in [1.29, 1.82) is 0 Å². The van der Waals surface area contributed by atoms with Gasteiger partial charge in [-0.2, -0.15) is 0 Å². The van der Waals surface area contributed by atoms with Crippen LogP contribution in [0.3, 0.4) is 0 Å². The second-order valence-electron chi connectivity index (χ2n) is 7.41. The van der Waals surface area contributed by atoms with Gasteiger partial charge in [0, 0.05) is 5.75 Å². The largest absolute Gasteiger partial charge is 0.462 e. The Morgan fingerprint density at radius 3 is 2.66 bits per heavy atom. The molecule has 0 bridgehead atoms. The SMILES string of the molecule is CCOC(=O)c1ccc2c(c1)nc(SCc1ccc(C)c(F)c1)n2Cc1cccc(F)c1. The van der Waals surface area contributed by atoms with Crippen LogP contribution in [0.5, 0.6) is 0 Å². The number of carbonyl (C=O) groups excluding carboxylic acids is 1. The number of carbonyl (C=O) groups is 1. The van der Waals surface area contributed by atoms with Gasteiger partial charge in [0.05, 0.1) is 29.7 Å². The number of fused-ring (bicyclic) bond motifs is 1. The highest BCUT2D eigenvalue weighted by molar-refractivity contribution is 7.98. The first-order chi connectivity index (χ1) is 15.4. The first kappa shape index (κ1) is 22.0. The number of aromatic nitrogens is 2. The van der Waals surface area contributed by atoms with E-state index in [0.717, 1.165) is 16.6 Å². The van der Waals surface area contributed by atoms with Crippen molar-refractivity contribution in [3.63, 3.8) is 0 Å². The molecule has 0 aliphatic heterocycles. The van der Waals surface area contributed by atoms with Gasteiger partial charge in [0.25, 0.3) is 0 Å². The highest BCUT2D eigenvalue weighted by Crippen LogP contribution is 2.29. The lowest BCUT2D eigenvalue weighted by Crippen LogP contribution is -2.05. The number of ether oxygens (including phenoxy) is 1. The molecule has 1 aromatic heterocycles. The van der Waals surface area contributed by atoms with Crippen LogP contribution < -0.4 is 0 Å². The van der Waals surface area contributed by atoms with Crippen LogP contribution in [-0.2, 0) is 17.0 Å². The molecule has 0 aliphatic rings. The van der Waals surface area contributed by atoms with Gasteiger partial charge in [-0.1, -0.05) is 36.0 Å². The van der Waals surface area contributed by atoms with E-state index in [1.807, 2.05) is 22.8 Å². The van der Waals surface area contributed by atoms with Gasteiger partial charge in [0.1, 0.15) is 11.6 Å². The first-order valence-corrected chi connectivity index (χ1v) is 11.2. The van der Waals surface area contributed by atoms with Gasteiger partial charge in [0.2, 0.25) is 0 Å². The summed E-state index contributed by atoms with van der Waals surface area (Å²) in [5.41, 5.74) is 4.12. The summed E-state index contributed by atoms with van der Waals surface area (Å²) in [6.45, 7) is 4.19. The molecule has 0 amide bonds. The zero-order chi connectivity index (χ0) is 22.7. The van der Waals surface area contributed by atoms with Crippen LogP contribution in [0.4, 0.5) is 8.78 Å². The summed E-state index contributed by atoms with van der Waals surface area (Å²) >= 11 is 1.46. The third-order valence-electron chi connectivity index (χ3n) is 5.06. The van der Waals surface area contributed by atoms with E-state index in [0.29, 0.717) is 40.7 Å². The van der Waals surface area contributed by atoms with Gasteiger partial charge in [-0.3, -0.25) is 0 Å². The zero-order valence-corrected chi connectivity index (χ0v) is 18.6. The molecule has 4 aromatic rings. The fourth-order valence-corrected chi connectivity index (χ4v) is 4.36. The molecule has 4 nitrogen and oxygen atoms in total. The third-order valence-corrected chi connectivity index (χ3v) is 6.11. The maximum absolute atomic E-state index is 14.0. The van der Waals surface area contributed by atoms with Crippen LogP contribution in [0.15, 0.2) is 65.8 Å². The molecule has 0 saturated carbocycles. The number of rotatable bonds is 7. The average Bonchev–Trinajstić information content (AvgIpc) is 3.11. The molecule has 0 spiro atoms. The lowest BCUT2D eigenvalue weighted by molar-refractivity contribution is 0.0526. The number of hydrogen-bond donors (Lipinski definition) is 0. The standard InChI is InChI=1S/C25H22F2N2O2S/c1-3-31-24(30)19-9-10-23-22(13-19)28-25(29(23)14-17-5-4-6-20(26)11-17)32-15-18-8-7-16(2)21(27)12-18/h4-13H,3,14-15H2,1-2H3. The van der Waals surface area contributed by atoms with Gasteiger partial charge in [-0.15, -0.1) is 0 Å². The number of halogens is 2. The van der Waals surface area contributed by atoms with Crippen molar-refractivity contribution in [2.24, 2.45) is 0 Å². The van der Waals surface area contributed by atoms with Crippen molar-refractivity contribution >= 4 is 28.8 Å². The van der Waals surface area contributed by atoms with E-state index in [-0.39, 0.29) is 11.6 Å². The van der Waals surface area contributed by atoms with E-state index >= 15 is 0 Å². The molecule has 0 N–H and O–H groups in total. The highest BCUT2D eigenvalue weighted by atomic mass is 32.2. The van der Waals surface area contributed by atoms with Crippen molar-refractivity contribution in [3.8, 4) is 0 Å². The fraction of sp³-hybridized carbons (Fsp3) is 0.200. The molecule has 0 atom stereocenters. The maximum atomic E-state index is 14.0. The monoisotopic (exact) mass is 452 g/mol. The number of hydrogen-bond acceptors (Lipinski definition) is 4. The summed E-state index contributed by atoms with van der Waals surface area (Å²) in [6, 6.07) is 16.8. The molecule has 0 fully saturated rings. The summed E-state index contributed by atoms with van der Waals surface area (Å²) in [4.78, 5) is 16.9. The number of esters is 1. The van der Waals surface area contributed by atoms with Crippen molar-refractivity contribution in [2.45, 2.75) is 31.3 Å². The lowest BCUT2D eigenvalue weighted by Gasteiger charge is -2.10. The van der Waals surface area contributed by atoms with Crippen molar-refractivity contribution in [1.82, 2.24) is 9.55 Å². The molecular weight excluding hydrogens is 430 g/mol. The maximum Gasteiger partial charge on any atom is 0.338 e. The van der Waals surface area contributed by atoms with Gasteiger partial charge < -0.3 is 9.30 Å². The van der Waals surface area contributed by atoms with E-state index < -0.39 is 5.97 Å². The summed E-state index contributed by atoms with van der Waals surface area (Å²) in [7, 11) is 0. The molecule has 3 aromatic carbocycles. The average molecular weight is 453 g/mol. The van der Waals surface area contributed by atoms with Crippen LogP contribution in [-0.4, -0.2) is 22.1 Å². The van der Waals surface area contributed by atoms with Crippen molar-refractivity contribution in [2.75, 3.05) is 6.61 Å². The molecule has 0 radical (unpaired) electrons. The zero-order valence-electron chi connectivity index (χ0n) is 17.8. The minimum Gasteiger partial charge on any atom is -0.462 e. The Hall–Kier alpha value is -3.19. The molecule has 1 heterocycles.